The molecular weight excluding hydrogens is 266 g/mol. The fourth-order valence-corrected chi connectivity index (χ4v) is 2.43. The Bertz CT molecular complexity index is 451. The van der Waals surface area contributed by atoms with E-state index in [-0.39, 0.29) is 5.78 Å². The number of nitrogens with two attached hydrogens (primary N) is 1. The summed E-state index contributed by atoms with van der Waals surface area (Å²) in [5.41, 5.74) is 8.61. The molecule has 0 unspecified atom stereocenters. The minimum atomic E-state index is 0.212. The molecule has 0 atom stereocenters. The average molecular weight is 280 g/mol. The second-order valence-corrected chi connectivity index (χ2v) is 5.00. The number of carbonyl (C=O) groups is 1. The lowest BCUT2D eigenvalue weighted by atomic mass is 9.91. The summed E-state index contributed by atoms with van der Waals surface area (Å²) in [7, 11) is 0. The van der Waals surface area contributed by atoms with Gasteiger partial charge in [-0.15, -0.1) is 0 Å². The van der Waals surface area contributed by atoms with Crippen molar-refractivity contribution in [2.24, 2.45) is 5.73 Å². The van der Waals surface area contributed by atoms with Gasteiger partial charge in [-0.25, -0.2) is 0 Å². The highest BCUT2D eigenvalue weighted by atomic mass is 79.9. The summed E-state index contributed by atoms with van der Waals surface area (Å²) in [6.07, 6.45) is 3.05. The highest BCUT2D eigenvalue weighted by Crippen LogP contribution is 2.23. The summed E-state index contributed by atoms with van der Waals surface area (Å²) in [6, 6.07) is 8.00. The van der Waals surface area contributed by atoms with Gasteiger partial charge in [0.1, 0.15) is 0 Å². The molecule has 0 saturated carbocycles. The van der Waals surface area contributed by atoms with Crippen molar-refractivity contribution in [3.8, 4) is 0 Å². The fraction of sp³-hybridized carbons (Fsp3) is 0.308. The molecule has 0 bridgehead atoms. The van der Waals surface area contributed by atoms with Crippen LogP contribution >= 0.6 is 15.9 Å². The standard InChI is InChI=1S/C13H14BrNO/c14-10-4-1-3-9(7-10)8-11-12(15)5-2-6-13(11)16/h1,3-4,7H,2,5-6,8,15H2. The molecular formula is C13H14BrNO. The Morgan fingerprint density at radius 3 is 2.81 bits per heavy atom. The van der Waals surface area contributed by atoms with E-state index in [0.29, 0.717) is 12.8 Å². The molecule has 0 heterocycles. The maximum atomic E-state index is 11.7. The van der Waals surface area contributed by atoms with Crippen molar-refractivity contribution in [3.05, 3.63) is 45.6 Å². The molecule has 0 radical (unpaired) electrons. The van der Waals surface area contributed by atoms with Gasteiger partial charge in [-0.1, -0.05) is 28.1 Å². The van der Waals surface area contributed by atoms with Crippen molar-refractivity contribution in [2.45, 2.75) is 25.7 Å². The molecule has 16 heavy (non-hydrogen) atoms. The second-order valence-electron chi connectivity index (χ2n) is 4.09. The van der Waals surface area contributed by atoms with Crippen LogP contribution in [0.4, 0.5) is 0 Å². The van der Waals surface area contributed by atoms with Gasteiger partial charge in [0, 0.05) is 28.6 Å². The minimum absolute atomic E-state index is 0.212. The van der Waals surface area contributed by atoms with Gasteiger partial charge in [0.15, 0.2) is 5.78 Å². The Balaban J connectivity index is 2.23. The second kappa shape index (κ2) is 4.83. The summed E-state index contributed by atoms with van der Waals surface area (Å²) in [5.74, 6) is 0.212. The number of carbonyl (C=O) groups excluding carboxylic acids is 1. The Hall–Kier alpha value is -1.09. The Labute approximate surface area is 104 Å². The number of hydrogen-bond donors (Lipinski definition) is 1. The molecule has 0 aromatic heterocycles. The molecule has 0 fully saturated rings. The van der Waals surface area contributed by atoms with E-state index < -0.39 is 0 Å². The minimum Gasteiger partial charge on any atom is -0.402 e. The van der Waals surface area contributed by atoms with Gasteiger partial charge in [0.2, 0.25) is 0 Å². The zero-order valence-electron chi connectivity index (χ0n) is 9.00. The predicted octanol–water partition coefficient (Wildman–Crippen LogP) is 2.96. The highest BCUT2D eigenvalue weighted by molar-refractivity contribution is 9.10. The van der Waals surface area contributed by atoms with Gasteiger partial charge in [-0.3, -0.25) is 4.79 Å². The molecule has 3 heteroatoms. The lowest BCUT2D eigenvalue weighted by Gasteiger charge is -2.16. The molecule has 0 saturated heterocycles. The molecule has 0 amide bonds. The molecule has 0 spiro atoms. The van der Waals surface area contributed by atoms with E-state index in [9.17, 15) is 4.79 Å². The number of benzene rings is 1. The van der Waals surface area contributed by atoms with E-state index in [2.05, 4.69) is 15.9 Å². The van der Waals surface area contributed by atoms with Crippen molar-refractivity contribution in [3.63, 3.8) is 0 Å². The molecule has 1 aromatic carbocycles. The maximum Gasteiger partial charge on any atom is 0.160 e. The lowest BCUT2D eigenvalue weighted by Crippen LogP contribution is -2.18. The van der Waals surface area contributed by atoms with Crippen LogP contribution in [0.25, 0.3) is 0 Å². The van der Waals surface area contributed by atoms with E-state index in [0.717, 1.165) is 34.1 Å². The molecule has 84 valence electrons. The van der Waals surface area contributed by atoms with Gasteiger partial charge >= 0.3 is 0 Å². The van der Waals surface area contributed by atoms with E-state index in [1.54, 1.807) is 0 Å². The van der Waals surface area contributed by atoms with Gasteiger partial charge in [0.25, 0.3) is 0 Å². The summed E-state index contributed by atoms with van der Waals surface area (Å²) >= 11 is 3.42. The van der Waals surface area contributed by atoms with Crippen LogP contribution in [0.1, 0.15) is 24.8 Å². The van der Waals surface area contributed by atoms with E-state index in [1.165, 1.54) is 0 Å². The average Bonchev–Trinajstić information content (AvgIpc) is 2.24. The number of ketones is 1. The van der Waals surface area contributed by atoms with E-state index in [1.807, 2.05) is 24.3 Å². The summed E-state index contributed by atoms with van der Waals surface area (Å²) in [4.78, 5) is 11.7. The molecule has 2 nitrogen and oxygen atoms in total. The monoisotopic (exact) mass is 279 g/mol. The summed E-state index contributed by atoms with van der Waals surface area (Å²) < 4.78 is 1.03. The molecule has 2 rings (SSSR count). The number of hydrogen-bond acceptors (Lipinski definition) is 2. The lowest BCUT2D eigenvalue weighted by molar-refractivity contribution is -0.116. The smallest absolute Gasteiger partial charge is 0.160 e. The van der Waals surface area contributed by atoms with Crippen molar-refractivity contribution in [1.82, 2.24) is 0 Å². The van der Waals surface area contributed by atoms with Crippen LogP contribution in [0, 0.1) is 0 Å². The van der Waals surface area contributed by atoms with Gasteiger partial charge < -0.3 is 5.73 Å². The van der Waals surface area contributed by atoms with Crippen molar-refractivity contribution < 1.29 is 4.79 Å². The summed E-state index contributed by atoms with van der Waals surface area (Å²) in [6.45, 7) is 0. The van der Waals surface area contributed by atoms with Gasteiger partial charge in [-0.05, 0) is 30.5 Å². The van der Waals surface area contributed by atoms with Crippen LogP contribution in [-0.4, -0.2) is 5.78 Å². The van der Waals surface area contributed by atoms with E-state index >= 15 is 0 Å². The Morgan fingerprint density at radius 1 is 1.31 bits per heavy atom. The molecule has 2 N–H and O–H groups in total. The SMILES string of the molecule is NC1=C(Cc2cccc(Br)c2)C(=O)CCC1. The molecule has 1 aliphatic carbocycles. The van der Waals surface area contributed by atoms with E-state index in [4.69, 9.17) is 5.73 Å². The normalized spacial score (nSPS) is 16.7. The third-order valence-electron chi connectivity index (χ3n) is 2.84. The first-order valence-corrected chi connectivity index (χ1v) is 6.21. The van der Waals surface area contributed by atoms with Crippen molar-refractivity contribution in [2.75, 3.05) is 0 Å². The van der Waals surface area contributed by atoms with Crippen LogP contribution in [0.3, 0.4) is 0 Å². The van der Waals surface area contributed by atoms with Crippen molar-refractivity contribution >= 4 is 21.7 Å². The fourth-order valence-electron chi connectivity index (χ4n) is 1.98. The topological polar surface area (TPSA) is 43.1 Å². The van der Waals surface area contributed by atoms with Gasteiger partial charge in [-0.2, -0.15) is 0 Å². The zero-order valence-corrected chi connectivity index (χ0v) is 10.6. The Morgan fingerprint density at radius 2 is 2.12 bits per heavy atom. The third-order valence-corrected chi connectivity index (χ3v) is 3.34. The van der Waals surface area contributed by atoms with Crippen LogP contribution in [0.15, 0.2) is 40.0 Å². The van der Waals surface area contributed by atoms with Crippen LogP contribution < -0.4 is 5.73 Å². The first kappa shape index (κ1) is 11.4. The van der Waals surface area contributed by atoms with Crippen molar-refractivity contribution in [1.29, 1.82) is 0 Å². The first-order valence-electron chi connectivity index (χ1n) is 5.42. The van der Waals surface area contributed by atoms with Gasteiger partial charge in [0.05, 0.1) is 0 Å². The number of rotatable bonds is 2. The maximum absolute atomic E-state index is 11.7. The van der Waals surface area contributed by atoms with Crippen LogP contribution in [-0.2, 0) is 11.2 Å². The van der Waals surface area contributed by atoms with Crippen LogP contribution in [0.2, 0.25) is 0 Å². The predicted molar refractivity (Wildman–Crippen MR) is 67.9 cm³/mol. The number of Topliss-reactive ketones (excluding diaryl/α,β-unsaturated/α-hetero) is 1. The zero-order chi connectivity index (χ0) is 11.5. The largest absolute Gasteiger partial charge is 0.402 e. The molecule has 1 aliphatic rings. The molecule has 0 aliphatic heterocycles. The summed E-state index contributed by atoms with van der Waals surface area (Å²) in [5, 5.41) is 0. The molecule has 1 aromatic rings. The number of allylic oxidation sites excluding steroid dienone is 2. The number of halogens is 1. The quantitative estimate of drug-likeness (QED) is 0.905. The Kier molecular flexibility index (Phi) is 3.44. The van der Waals surface area contributed by atoms with Crippen LogP contribution in [0.5, 0.6) is 0 Å². The third kappa shape index (κ3) is 2.53. The highest BCUT2D eigenvalue weighted by Gasteiger charge is 2.18. The first-order chi connectivity index (χ1) is 7.66.